The molecule has 2 aromatic rings. The van der Waals surface area contributed by atoms with Gasteiger partial charge in [-0.1, -0.05) is 24.3 Å². The third-order valence-electron chi connectivity index (χ3n) is 3.45. The average Bonchev–Trinajstić information content (AvgIpc) is 2.46. The fourth-order valence-electron chi connectivity index (χ4n) is 2.49. The third kappa shape index (κ3) is 2.82. The highest BCUT2D eigenvalue weighted by Crippen LogP contribution is 2.23. The number of methoxy groups -OCH3 is 1. The summed E-state index contributed by atoms with van der Waals surface area (Å²) in [5.74, 6) is 0.464. The van der Waals surface area contributed by atoms with Crippen molar-refractivity contribution in [1.82, 2.24) is 15.0 Å². The van der Waals surface area contributed by atoms with Crippen molar-refractivity contribution in [2.45, 2.75) is 25.3 Å². The molecule has 0 radical (unpaired) electrons. The molecule has 1 N–H and O–H groups in total. The van der Waals surface area contributed by atoms with E-state index in [0.717, 1.165) is 19.3 Å². The molecule has 0 saturated heterocycles. The first-order valence-electron chi connectivity index (χ1n) is 6.53. The first kappa shape index (κ1) is 13.1. The Morgan fingerprint density at radius 3 is 2.80 bits per heavy atom. The quantitative estimate of drug-likeness (QED) is 0.941. The zero-order valence-corrected chi connectivity index (χ0v) is 11.9. The molecule has 1 aliphatic carbocycles. The molecule has 0 amide bonds. The Hall–Kier alpha value is -1.88. The Morgan fingerprint density at radius 1 is 1.20 bits per heavy atom. The lowest BCUT2D eigenvalue weighted by atomic mass is 9.88. The topological polar surface area (TPSA) is 59.9 Å². The maximum Gasteiger partial charge on any atom is 0.322 e. The van der Waals surface area contributed by atoms with Gasteiger partial charge in [0.05, 0.1) is 7.11 Å². The second-order valence-corrected chi connectivity index (χ2v) is 5.11. The van der Waals surface area contributed by atoms with Crippen molar-refractivity contribution in [3.05, 3.63) is 40.7 Å². The van der Waals surface area contributed by atoms with Crippen LogP contribution in [-0.4, -0.2) is 28.1 Å². The summed E-state index contributed by atoms with van der Waals surface area (Å²) in [6.07, 6.45) is 3.06. The highest BCUT2D eigenvalue weighted by atomic mass is 35.5. The predicted octanol–water partition coefficient (Wildman–Crippen LogP) is 2.50. The van der Waals surface area contributed by atoms with E-state index in [4.69, 9.17) is 16.3 Å². The standard InChI is InChI=1S/C14H15ClN4O/c1-20-14-18-12(15)17-13(19-14)16-11-7-6-9-4-2-3-5-10(9)8-11/h2-5,11H,6-8H2,1H3,(H,16,17,18,19). The van der Waals surface area contributed by atoms with Gasteiger partial charge in [-0.2, -0.15) is 15.0 Å². The van der Waals surface area contributed by atoms with E-state index in [1.54, 1.807) is 0 Å². The molecule has 104 valence electrons. The van der Waals surface area contributed by atoms with Crippen LogP contribution in [0.25, 0.3) is 0 Å². The van der Waals surface area contributed by atoms with Crippen LogP contribution < -0.4 is 10.1 Å². The summed E-state index contributed by atoms with van der Waals surface area (Å²) in [7, 11) is 1.51. The van der Waals surface area contributed by atoms with Crippen molar-refractivity contribution >= 4 is 17.5 Å². The van der Waals surface area contributed by atoms with Crippen molar-refractivity contribution in [2.75, 3.05) is 12.4 Å². The number of benzene rings is 1. The maximum atomic E-state index is 5.85. The molecular weight excluding hydrogens is 276 g/mol. The lowest BCUT2D eigenvalue weighted by Gasteiger charge is -2.25. The lowest BCUT2D eigenvalue weighted by molar-refractivity contribution is 0.378. The number of fused-ring (bicyclic) bond motifs is 1. The van der Waals surface area contributed by atoms with Crippen molar-refractivity contribution in [2.24, 2.45) is 0 Å². The Balaban J connectivity index is 1.75. The van der Waals surface area contributed by atoms with Crippen LogP contribution in [-0.2, 0) is 12.8 Å². The van der Waals surface area contributed by atoms with E-state index in [9.17, 15) is 0 Å². The van der Waals surface area contributed by atoms with E-state index in [-0.39, 0.29) is 11.3 Å². The number of ether oxygens (including phenoxy) is 1. The van der Waals surface area contributed by atoms with Gasteiger partial charge in [-0.25, -0.2) is 0 Å². The minimum Gasteiger partial charge on any atom is -0.467 e. The summed E-state index contributed by atoms with van der Waals surface area (Å²) in [5.41, 5.74) is 2.81. The van der Waals surface area contributed by atoms with Crippen molar-refractivity contribution in [3.8, 4) is 6.01 Å². The number of halogens is 1. The molecule has 5 nitrogen and oxygen atoms in total. The average molecular weight is 291 g/mol. The normalized spacial score (nSPS) is 17.4. The number of nitrogens with one attached hydrogen (secondary N) is 1. The van der Waals surface area contributed by atoms with Crippen LogP contribution in [0.4, 0.5) is 5.95 Å². The van der Waals surface area contributed by atoms with Gasteiger partial charge in [0, 0.05) is 6.04 Å². The first-order valence-corrected chi connectivity index (χ1v) is 6.91. The number of rotatable bonds is 3. The Kier molecular flexibility index (Phi) is 3.69. The second kappa shape index (κ2) is 5.63. The SMILES string of the molecule is COc1nc(Cl)nc(NC2CCc3ccccc3C2)n1. The first-order chi connectivity index (χ1) is 9.74. The number of aryl methyl sites for hydroxylation is 1. The van der Waals surface area contributed by atoms with Crippen molar-refractivity contribution in [3.63, 3.8) is 0 Å². The molecule has 1 atom stereocenters. The summed E-state index contributed by atoms with van der Waals surface area (Å²) in [4.78, 5) is 12.1. The molecule has 1 aromatic carbocycles. The van der Waals surface area contributed by atoms with Crippen LogP contribution in [0.2, 0.25) is 5.28 Å². The van der Waals surface area contributed by atoms with Gasteiger partial charge in [0.1, 0.15) is 0 Å². The Morgan fingerprint density at radius 2 is 2.00 bits per heavy atom. The maximum absolute atomic E-state index is 5.85. The molecule has 0 aliphatic heterocycles. The van der Waals surface area contributed by atoms with Gasteiger partial charge in [-0.05, 0) is 42.0 Å². The summed E-state index contributed by atoms with van der Waals surface area (Å²) >= 11 is 5.85. The van der Waals surface area contributed by atoms with E-state index in [1.165, 1.54) is 18.2 Å². The Bertz CT molecular complexity index is 620. The van der Waals surface area contributed by atoms with Gasteiger partial charge in [0.2, 0.25) is 11.2 Å². The van der Waals surface area contributed by atoms with E-state index in [1.807, 2.05) is 0 Å². The monoisotopic (exact) mass is 290 g/mol. The van der Waals surface area contributed by atoms with E-state index >= 15 is 0 Å². The molecule has 3 rings (SSSR count). The smallest absolute Gasteiger partial charge is 0.322 e. The molecule has 20 heavy (non-hydrogen) atoms. The number of nitrogens with zero attached hydrogens (tertiary/aromatic N) is 3. The minimum atomic E-state index is 0.135. The molecular formula is C14H15ClN4O. The molecule has 0 bridgehead atoms. The van der Waals surface area contributed by atoms with Crippen LogP contribution in [0.3, 0.4) is 0 Å². The van der Waals surface area contributed by atoms with Gasteiger partial charge in [-0.3, -0.25) is 0 Å². The van der Waals surface area contributed by atoms with Crippen LogP contribution in [0.5, 0.6) is 6.01 Å². The highest BCUT2D eigenvalue weighted by molar-refractivity contribution is 6.28. The summed E-state index contributed by atoms with van der Waals surface area (Å²) in [5, 5.41) is 3.45. The number of aromatic nitrogens is 3. The van der Waals surface area contributed by atoms with Crippen LogP contribution in [0.1, 0.15) is 17.5 Å². The molecule has 0 saturated carbocycles. The number of anilines is 1. The summed E-state index contributed by atoms with van der Waals surface area (Å²) in [6.45, 7) is 0. The molecule has 6 heteroatoms. The van der Waals surface area contributed by atoms with Crippen molar-refractivity contribution in [1.29, 1.82) is 0 Å². The van der Waals surface area contributed by atoms with Gasteiger partial charge in [0.25, 0.3) is 0 Å². The third-order valence-corrected chi connectivity index (χ3v) is 3.62. The van der Waals surface area contributed by atoms with Gasteiger partial charge >= 0.3 is 6.01 Å². The zero-order valence-electron chi connectivity index (χ0n) is 11.1. The van der Waals surface area contributed by atoms with Gasteiger partial charge in [-0.15, -0.1) is 0 Å². The number of hydrogen-bond acceptors (Lipinski definition) is 5. The lowest BCUT2D eigenvalue weighted by Crippen LogP contribution is -2.28. The molecule has 1 aromatic heterocycles. The molecule has 1 heterocycles. The van der Waals surface area contributed by atoms with Crippen molar-refractivity contribution < 1.29 is 4.74 Å². The van der Waals surface area contributed by atoms with E-state index in [2.05, 4.69) is 44.5 Å². The molecule has 0 spiro atoms. The summed E-state index contributed by atoms with van der Waals surface area (Å²) in [6, 6.07) is 9.04. The van der Waals surface area contributed by atoms with Crippen LogP contribution in [0.15, 0.2) is 24.3 Å². The highest BCUT2D eigenvalue weighted by Gasteiger charge is 2.19. The minimum absolute atomic E-state index is 0.135. The summed E-state index contributed by atoms with van der Waals surface area (Å²) < 4.78 is 4.99. The molecule has 1 unspecified atom stereocenters. The van der Waals surface area contributed by atoms with E-state index < -0.39 is 0 Å². The van der Waals surface area contributed by atoms with Crippen LogP contribution in [0, 0.1) is 0 Å². The predicted molar refractivity (Wildman–Crippen MR) is 77.3 cm³/mol. The zero-order chi connectivity index (χ0) is 13.9. The molecule has 1 aliphatic rings. The largest absolute Gasteiger partial charge is 0.467 e. The van der Waals surface area contributed by atoms with E-state index in [0.29, 0.717) is 12.0 Å². The fourth-order valence-corrected chi connectivity index (χ4v) is 2.64. The molecule has 0 fully saturated rings. The second-order valence-electron chi connectivity index (χ2n) is 4.77. The van der Waals surface area contributed by atoms with Gasteiger partial charge < -0.3 is 10.1 Å². The Labute approximate surface area is 122 Å². The number of hydrogen-bond donors (Lipinski definition) is 1. The van der Waals surface area contributed by atoms with Crippen LogP contribution >= 0.6 is 11.6 Å². The van der Waals surface area contributed by atoms with Gasteiger partial charge in [0.15, 0.2) is 0 Å². The fraction of sp³-hybridized carbons (Fsp3) is 0.357.